The van der Waals surface area contributed by atoms with Crippen molar-refractivity contribution in [3.8, 4) is 0 Å². The van der Waals surface area contributed by atoms with E-state index in [-0.39, 0.29) is 17.5 Å². The largest absolute Gasteiger partial charge is 0.374 e. The molecule has 2 N–H and O–H groups in total. The van der Waals surface area contributed by atoms with E-state index in [1.54, 1.807) is 6.07 Å². The van der Waals surface area contributed by atoms with Crippen LogP contribution >= 0.6 is 23.5 Å². The van der Waals surface area contributed by atoms with Gasteiger partial charge in [-0.15, -0.1) is 11.8 Å². The molecule has 21 heavy (non-hydrogen) atoms. The van der Waals surface area contributed by atoms with Crippen molar-refractivity contribution in [2.24, 2.45) is 11.7 Å². The number of benzene rings is 1. The second-order valence-electron chi connectivity index (χ2n) is 5.99. The summed E-state index contributed by atoms with van der Waals surface area (Å²) >= 11 is 3.52. The van der Waals surface area contributed by atoms with Gasteiger partial charge in [-0.05, 0) is 43.1 Å². The molecule has 2 heterocycles. The molecule has 2 aliphatic rings. The average molecular weight is 327 g/mol. The van der Waals surface area contributed by atoms with Gasteiger partial charge >= 0.3 is 0 Å². The third kappa shape index (κ3) is 3.76. The van der Waals surface area contributed by atoms with Gasteiger partial charge in [0, 0.05) is 29.0 Å². The summed E-state index contributed by atoms with van der Waals surface area (Å²) < 4.78 is 19.7. The van der Waals surface area contributed by atoms with Crippen molar-refractivity contribution in [3.05, 3.63) is 30.1 Å². The minimum atomic E-state index is -0.148. The molecule has 1 aromatic rings. The third-order valence-electron chi connectivity index (χ3n) is 4.47. The van der Waals surface area contributed by atoms with Gasteiger partial charge in [-0.25, -0.2) is 4.39 Å². The van der Waals surface area contributed by atoms with E-state index in [2.05, 4.69) is 0 Å². The predicted octanol–water partition coefficient (Wildman–Crippen LogP) is 3.55. The summed E-state index contributed by atoms with van der Waals surface area (Å²) in [6.07, 6.45) is 3.26. The lowest BCUT2D eigenvalue weighted by Crippen LogP contribution is -2.46. The molecular formula is C16H22FNOS2. The number of ether oxygens (including phenoxy) is 1. The second-order valence-corrected chi connectivity index (χ2v) is 8.16. The molecular weight excluding hydrogens is 305 g/mol. The summed E-state index contributed by atoms with van der Waals surface area (Å²) in [5.74, 6) is 3.43. The van der Waals surface area contributed by atoms with E-state index in [9.17, 15) is 4.39 Å². The van der Waals surface area contributed by atoms with Crippen LogP contribution in [0.4, 0.5) is 4.39 Å². The molecule has 1 spiro atoms. The van der Waals surface area contributed by atoms with Crippen LogP contribution in [-0.2, 0) is 4.74 Å². The molecule has 3 unspecified atom stereocenters. The number of halogens is 1. The summed E-state index contributed by atoms with van der Waals surface area (Å²) in [5.41, 5.74) is 6.47. The lowest BCUT2D eigenvalue weighted by Gasteiger charge is -2.40. The monoisotopic (exact) mass is 327 g/mol. The normalized spacial score (nSPS) is 30.7. The molecule has 0 aromatic heterocycles. The molecule has 0 radical (unpaired) electrons. The fourth-order valence-electron chi connectivity index (χ4n) is 3.18. The van der Waals surface area contributed by atoms with Gasteiger partial charge in [-0.1, -0.05) is 12.1 Å². The van der Waals surface area contributed by atoms with Crippen LogP contribution in [0.2, 0.25) is 0 Å². The van der Waals surface area contributed by atoms with E-state index >= 15 is 0 Å². The lowest BCUT2D eigenvalue weighted by molar-refractivity contribution is -0.0820. The molecule has 116 valence electrons. The Hall–Kier alpha value is -0.230. The predicted molar refractivity (Wildman–Crippen MR) is 88.4 cm³/mol. The van der Waals surface area contributed by atoms with Gasteiger partial charge < -0.3 is 10.5 Å². The van der Waals surface area contributed by atoms with Crippen LogP contribution in [0.3, 0.4) is 0 Å². The molecule has 2 aliphatic heterocycles. The topological polar surface area (TPSA) is 35.2 Å². The average Bonchev–Trinajstić information content (AvgIpc) is 2.94. The van der Waals surface area contributed by atoms with E-state index < -0.39 is 0 Å². The highest BCUT2D eigenvalue weighted by atomic mass is 32.2. The van der Waals surface area contributed by atoms with Gasteiger partial charge in [0.2, 0.25) is 0 Å². The van der Waals surface area contributed by atoms with Gasteiger partial charge in [0.15, 0.2) is 0 Å². The Morgan fingerprint density at radius 2 is 2.33 bits per heavy atom. The van der Waals surface area contributed by atoms with Gasteiger partial charge in [0.25, 0.3) is 0 Å². The molecule has 3 atom stereocenters. The van der Waals surface area contributed by atoms with Crippen LogP contribution in [-0.4, -0.2) is 35.5 Å². The van der Waals surface area contributed by atoms with Gasteiger partial charge in [-0.3, -0.25) is 0 Å². The Morgan fingerprint density at radius 1 is 1.48 bits per heavy atom. The van der Waals surface area contributed by atoms with Crippen molar-refractivity contribution in [1.29, 1.82) is 0 Å². The molecule has 2 nitrogen and oxygen atoms in total. The molecule has 2 saturated heterocycles. The Kier molecular flexibility index (Phi) is 5.15. The van der Waals surface area contributed by atoms with E-state index in [1.165, 1.54) is 23.6 Å². The van der Waals surface area contributed by atoms with Crippen LogP contribution in [0.25, 0.3) is 0 Å². The molecule has 1 aromatic carbocycles. The quantitative estimate of drug-likeness (QED) is 0.858. The summed E-state index contributed by atoms with van der Waals surface area (Å²) in [4.78, 5) is 0.700. The fourth-order valence-corrected chi connectivity index (χ4v) is 5.58. The van der Waals surface area contributed by atoms with Crippen molar-refractivity contribution >= 4 is 23.5 Å². The van der Waals surface area contributed by atoms with Crippen molar-refractivity contribution < 1.29 is 9.13 Å². The minimum Gasteiger partial charge on any atom is -0.374 e. The van der Waals surface area contributed by atoms with E-state index in [4.69, 9.17) is 10.5 Å². The summed E-state index contributed by atoms with van der Waals surface area (Å²) in [7, 11) is 0. The maximum atomic E-state index is 13.6. The summed E-state index contributed by atoms with van der Waals surface area (Å²) in [6, 6.07) is 7.04. The van der Waals surface area contributed by atoms with E-state index in [0.29, 0.717) is 10.8 Å². The number of thioether (sulfide) groups is 2. The molecule has 0 amide bonds. The van der Waals surface area contributed by atoms with Crippen LogP contribution in [0.1, 0.15) is 19.3 Å². The molecule has 0 aliphatic carbocycles. The van der Waals surface area contributed by atoms with Crippen molar-refractivity contribution in [2.75, 3.05) is 23.9 Å². The number of hydrogen-bond acceptors (Lipinski definition) is 4. The zero-order valence-electron chi connectivity index (χ0n) is 12.1. The zero-order chi connectivity index (χ0) is 14.7. The Bertz CT molecular complexity index is 479. The highest BCUT2D eigenvalue weighted by molar-refractivity contribution is 7.99. The maximum absolute atomic E-state index is 13.6. The van der Waals surface area contributed by atoms with Crippen LogP contribution in [0.5, 0.6) is 0 Å². The van der Waals surface area contributed by atoms with Gasteiger partial charge in [0.1, 0.15) is 5.82 Å². The van der Waals surface area contributed by atoms with E-state index in [0.717, 1.165) is 37.4 Å². The molecule has 2 fully saturated rings. The number of nitrogens with two attached hydrogens (primary N) is 1. The summed E-state index contributed by atoms with van der Waals surface area (Å²) in [6.45, 7) is 0.823. The van der Waals surface area contributed by atoms with E-state index in [1.807, 2.05) is 23.9 Å². The standard InChI is InChI=1S/C16H22FNOS2/c17-13-3-1-2-4-15(13)21-10-14(18)12-5-7-19-16(9-12)6-8-20-11-16/h1-4,12,14H,5-11,18H2. The van der Waals surface area contributed by atoms with Crippen LogP contribution < -0.4 is 5.73 Å². The lowest BCUT2D eigenvalue weighted by atomic mass is 9.82. The molecule has 5 heteroatoms. The number of rotatable bonds is 4. The van der Waals surface area contributed by atoms with Gasteiger partial charge in [-0.2, -0.15) is 11.8 Å². The molecule has 3 rings (SSSR count). The smallest absolute Gasteiger partial charge is 0.136 e. The fraction of sp³-hybridized carbons (Fsp3) is 0.625. The molecule has 0 bridgehead atoms. The number of hydrogen-bond donors (Lipinski definition) is 1. The highest BCUT2D eigenvalue weighted by Crippen LogP contribution is 2.41. The van der Waals surface area contributed by atoms with Crippen molar-refractivity contribution in [3.63, 3.8) is 0 Å². The first-order valence-electron chi connectivity index (χ1n) is 7.53. The maximum Gasteiger partial charge on any atom is 0.136 e. The van der Waals surface area contributed by atoms with Crippen LogP contribution in [0.15, 0.2) is 29.2 Å². The Balaban J connectivity index is 1.55. The minimum absolute atomic E-state index is 0.0772. The first-order chi connectivity index (χ1) is 10.2. The Labute approximate surface area is 134 Å². The highest BCUT2D eigenvalue weighted by Gasteiger charge is 2.41. The first kappa shape index (κ1) is 15.7. The third-order valence-corrected chi connectivity index (χ3v) is 6.89. The molecule has 0 saturated carbocycles. The SMILES string of the molecule is NC(CSc1ccccc1F)C1CCOC2(CCSC2)C1. The summed E-state index contributed by atoms with van der Waals surface area (Å²) in [5, 5.41) is 0. The van der Waals surface area contributed by atoms with Gasteiger partial charge in [0.05, 0.1) is 5.60 Å². The van der Waals surface area contributed by atoms with Crippen molar-refractivity contribution in [1.82, 2.24) is 0 Å². The first-order valence-corrected chi connectivity index (χ1v) is 9.67. The second kappa shape index (κ2) is 6.90. The Morgan fingerprint density at radius 3 is 3.10 bits per heavy atom. The van der Waals surface area contributed by atoms with Crippen LogP contribution in [0, 0.1) is 11.7 Å². The zero-order valence-corrected chi connectivity index (χ0v) is 13.7. The van der Waals surface area contributed by atoms with Crippen molar-refractivity contribution in [2.45, 2.75) is 35.8 Å².